The lowest BCUT2D eigenvalue weighted by Gasteiger charge is -2.20. The molecule has 0 amide bonds. The predicted octanol–water partition coefficient (Wildman–Crippen LogP) is 0.498. The molecule has 0 saturated carbocycles. The Hall–Kier alpha value is -0.0800. The third-order valence-corrected chi connectivity index (χ3v) is 3.51. The summed E-state index contributed by atoms with van der Waals surface area (Å²) in [5.41, 5.74) is 0. The van der Waals surface area contributed by atoms with Crippen LogP contribution in [0.4, 0.5) is 0 Å². The van der Waals surface area contributed by atoms with Gasteiger partial charge in [-0.05, 0) is 32.9 Å². The maximum atomic E-state index is 2.50. The highest BCUT2D eigenvalue weighted by Gasteiger charge is 2.41. The van der Waals surface area contributed by atoms with E-state index >= 15 is 0 Å². The fourth-order valence-corrected chi connectivity index (χ4v) is 2.72. The number of rotatable bonds is 0. The summed E-state index contributed by atoms with van der Waals surface area (Å²) in [5.74, 6) is 1.91. The Bertz CT molecular complexity index is 158. The molecule has 3 atom stereocenters. The third kappa shape index (κ3) is 1.09. The first-order valence-electron chi connectivity index (χ1n) is 4.57. The first-order valence-corrected chi connectivity index (χ1v) is 4.57. The standard InChI is InChI=1S/C9H18N2/c1-7-9-6-10(2)4-8(9)5-11(7)3/h7-9H,4-6H2,1-3H3/t7-,8+,9-/m0/s1. The van der Waals surface area contributed by atoms with Crippen LogP contribution in [0.2, 0.25) is 0 Å². The molecule has 64 valence electrons. The van der Waals surface area contributed by atoms with Crippen molar-refractivity contribution in [2.45, 2.75) is 13.0 Å². The second-order valence-electron chi connectivity index (χ2n) is 4.33. The van der Waals surface area contributed by atoms with Gasteiger partial charge in [-0.2, -0.15) is 0 Å². The zero-order chi connectivity index (χ0) is 8.01. The van der Waals surface area contributed by atoms with E-state index in [9.17, 15) is 0 Å². The summed E-state index contributed by atoms with van der Waals surface area (Å²) in [4.78, 5) is 4.97. The van der Waals surface area contributed by atoms with Crippen LogP contribution in [-0.2, 0) is 0 Å². The third-order valence-electron chi connectivity index (χ3n) is 3.51. The minimum absolute atomic E-state index is 0.810. The van der Waals surface area contributed by atoms with Crippen LogP contribution in [0.25, 0.3) is 0 Å². The molecule has 2 heteroatoms. The van der Waals surface area contributed by atoms with Gasteiger partial charge in [0.1, 0.15) is 0 Å². The van der Waals surface area contributed by atoms with E-state index in [1.54, 1.807) is 0 Å². The molecule has 0 aliphatic carbocycles. The second-order valence-corrected chi connectivity index (χ2v) is 4.33. The summed E-state index contributed by atoms with van der Waals surface area (Å²) in [6, 6.07) is 0.810. The zero-order valence-electron chi connectivity index (χ0n) is 7.75. The van der Waals surface area contributed by atoms with Gasteiger partial charge in [-0.25, -0.2) is 0 Å². The van der Waals surface area contributed by atoms with Crippen molar-refractivity contribution in [3.8, 4) is 0 Å². The van der Waals surface area contributed by atoms with Crippen molar-refractivity contribution in [1.29, 1.82) is 0 Å². The van der Waals surface area contributed by atoms with E-state index in [4.69, 9.17) is 0 Å². The second kappa shape index (κ2) is 2.46. The van der Waals surface area contributed by atoms with Crippen molar-refractivity contribution in [1.82, 2.24) is 9.80 Å². The summed E-state index contributed by atoms with van der Waals surface area (Å²) in [7, 11) is 4.49. The van der Waals surface area contributed by atoms with E-state index < -0.39 is 0 Å². The summed E-state index contributed by atoms with van der Waals surface area (Å²) < 4.78 is 0. The lowest BCUT2D eigenvalue weighted by molar-refractivity contribution is 0.257. The van der Waals surface area contributed by atoms with Gasteiger partial charge in [0.15, 0.2) is 0 Å². The number of likely N-dealkylation sites (tertiary alicyclic amines) is 2. The first kappa shape index (κ1) is 7.56. The van der Waals surface area contributed by atoms with Gasteiger partial charge in [0.2, 0.25) is 0 Å². The molecule has 2 saturated heterocycles. The van der Waals surface area contributed by atoms with Gasteiger partial charge in [-0.15, -0.1) is 0 Å². The molecule has 0 unspecified atom stereocenters. The maximum absolute atomic E-state index is 2.50. The Balaban J connectivity index is 2.07. The lowest BCUT2D eigenvalue weighted by atomic mass is 9.95. The normalized spacial score (nSPS) is 46.6. The van der Waals surface area contributed by atoms with Crippen LogP contribution in [0, 0.1) is 11.8 Å². The van der Waals surface area contributed by atoms with Crippen LogP contribution in [0.1, 0.15) is 6.92 Å². The molecule has 11 heavy (non-hydrogen) atoms. The average Bonchev–Trinajstić information content (AvgIpc) is 2.37. The van der Waals surface area contributed by atoms with Crippen LogP contribution < -0.4 is 0 Å². The summed E-state index contributed by atoms with van der Waals surface area (Å²) in [6.45, 7) is 6.32. The van der Waals surface area contributed by atoms with E-state index in [0.717, 1.165) is 17.9 Å². The van der Waals surface area contributed by atoms with Gasteiger partial charge < -0.3 is 9.80 Å². The SMILES string of the molecule is C[C@H]1[C@@H]2CN(C)C[C@@H]2CN1C. The molecule has 0 radical (unpaired) electrons. The van der Waals surface area contributed by atoms with Gasteiger partial charge >= 0.3 is 0 Å². The van der Waals surface area contributed by atoms with Gasteiger partial charge in [0.05, 0.1) is 0 Å². The molecule has 0 spiro atoms. The molecular formula is C9H18N2. The highest BCUT2D eigenvalue weighted by molar-refractivity contribution is 4.95. The minimum atomic E-state index is 0.810. The summed E-state index contributed by atoms with van der Waals surface area (Å²) in [5, 5.41) is 0. The molecule has 2 aliphatic rings. The molecule has 2 nitrogen and oxygen atoms in total. The van der Waals surface area contributed by atoms with E-state index in [0.29, 0.717) is 0 Å². The van der Waals surface area contributed by atoms with E-state index in [2.05, 4.69) is 30.8 Å². The van der Waals surface area contributed by atoms with Crippen molar-refractivity contribution < 1.29 is 0 Å². The molecule has 0 N–H and O–H groups in total. The molecule has 0 aromatic rings. The molecule has 0 aromatic carbocycles. The van der Waals surface area contributed by atoms with E-state index in [-0.39, 0.29) is 0 Å². The molecule has 2 heterocycles. The molecule has 2 rings (SSSR count). The van der Waals surface area contributed by atoms with Crippen molar-refractivity contribution >= 4 is 0 Å². The van der Waals surface area contributed by atoms with Gasteiger partial charge in [-0.1, -0.05) is 0 Å². The number of nitrogens with zero attached hydrogens (tertiary/aromatic N) is 2. The molecule has 0 aromatic heterocycles. The highest BCUT2D eigenvalue weighted by atomic mass is 15.2. The van der Waals surface area contributed by atoms with Crippen LogP contribution in [0.3, 0.4) is 0 Å². The van der Waals surface area contributed by atoms with Crippen LogP contribution in [-0.4, -0.2) is 49.6 Å². The van der Waals surface area contributed by atoms with Crippen molar-refractivity contribution in [3.05, 3.63) is 0 Å². The molecule has 0 bridgehead atoms. The van der Waals surface area contributed by atoms with Crippen molar-refractivity contribution in [2.24, 2.45) is 11.8 Å². The fraction of sp³-hybridized carbons (Fsp3) is 1.00. The Morgan fingerprint density at radius 3 is 2.45 bits per heavy atom. The van der Waals surface area contributed by atoms with Gasteiger partial charge in [0, 0.05) is 25.7 Å². The smallest absolute Gasteiger partial charge is 0.0108 e. The first-order chi connectivity index (χ1) is 5.18. The molecule has 2 fully saturated rings. The van der Waals surface area contributed by atoms with E-state index in [1.807, 2.05) is 0 Å². The fourth-order valence-electron chi connectivity index (χ4n) is 2.72. The highest BCUT2D eigenvalue weighted by Crippen LogP contribution is 2.33. The van der Waals surface area contributed by atoms with Crippen molar-refractivity contribution in [2.75, 3.05) is 33.7 Å². The van der Waals surface area contributed by atoms with Crippen LogP contribution in [0.15, 0.2) is 0 Å². The average molecular weight is 154 g/mol. The maximum Gasteiger partial charge on any atom is 0.0108 e. The Morgan fingerprint density at radius 1 is 1.09 bits per heavy atom. The monoisotopic (exact) mass is 154 g/mol. The Labute approximate surface area is 69.2 Å². The lowest BCUT2D eigenvalue weighted by Crippen LogP contribution is -2.30. The van der Waals surface area contributed by atoms with Gasteiger partial charge in [-0.3, -0.25) is 0 Å². The number of hydrogen-bond acceptors (Lipinski definition) is 2. The Kier molecular flexibility index (Phi) is 1.69. The number of fused-ring (bicyclic) bond motifs is 1. The molecule has 2 aliphatic heterocycles. The van der Waals surface area contributed by atoms with Crippen LogP contribution in [0.5, 0.6) is 0 Å². The summed E-state index contributed by atoms with van der Waals surface area (Å²) >= 11 is 0. The van der Waals surface area contributed by atoms with Crippen LogP contribution >= 0.6 is 0 Å². The minimum Gasteiger partial charge on any atom is -0.306 e. The zero-order valence-corrected chi connectivity index (χ0v) is 7.75. The topological polar surface area (TPSA) is 6.48 Å². The van der Waals surface area contributed by atoms with E-state index in [1.165, 1.54) is 19.6 Å². The molecular weight excluding hydrogens is 136 g/mol. The van der Waals surface area contributed by atoms with Gasteiger partial charge in [0.25, 0.3) is 0 Å². The quantitative estimate of drug-likeness (QED) is 0.501. The van der Waals surface area contributed by atoms with Crippen molar-refractivity contribution in [3.63, 3.8) is 0 Å². The predicted molar refractivity (Wildman–Crippen MR) is 46.6 cm³/mol. The number of hydrogen-bond donors (Lipinski definition) is 0. The Morgan fingerprint density at radius 2 is 1.82 bits per heavy atom. The summed E-state index contributed by atoms with van der Waals surface area (Å²) in [6.07, 6.45) is 0. The largest absolute Gasteiger partial charge is 0.306 e.